The van der Waals surface area contributed by atoms with Crippen LogP contribution in [0.3, 0.4) is 0 Å². The van der Waals surface area contributed by atoms with Crippen LogP contribution in [0, 0.1) is 5.82 Å². The zero-order valence-electron chi connectivity index (χ0n) is 13.6. The maximum atomic E-state index is 13.4. The maximum Gasteiger partial charge on any atom is 0.227 e. The Morgan fingerprint density at radius 3 is 2.84 bits per heavy atom. The number of rotatable bonds is 7. The summed E-state index contributed by atoms with van der Waals surface area (Å²) in [6.07, 6.45) is 3.74. The van der Waals surface area contributed by atoms with Crippen LogP contribution in [0.1, 0.15) is 12.0 Å². The molecule has 1 heterocycles. The molecule has 1 N–H and O–H groups in total. The number of nitrogens with one attached hydrogen (secondary N) is 1. The first kappa shape index (κ1) is 16.7. The molecular formula is C19H18FN3O2. The average molecular weight is 339 g/mol. The largest absolute Gasteiger partial charge is 0.490 e. The third-order valence-electron chi connectivity index (χ3n) is 3.54. The van der Waals surface area contributed by atoms with E-state index in [1.54, 1.807) is 18.3 Å². The fourth-order valence-electron chi connectivity index (χ4n) is 2.37. The van der Waals surface area contributed by atoms with Gasteiger partial charge in [0, 0.05) is 18.1 Å². The van der Waals surface area contributed by atoms with Crippen LogP contribution in [0.25, 0.3) is 0 Å². The molecule has 2 aromatic carbocycles. The van der Waals surface area contributed by atoms with E-state index in [1.165, 1.54) is 12.1 Å². The summed E-state index contributed by atoms with van der Waals surface area (Å²) < 4.78 is 20.5. The van der Waals surface area contributed by atoms with Gasteiger partial charge in [0.1, 0.15) is 0 Å². The quantitative estimate of drug-likeness (QED) is 0.717. The number of nitrogens with zero attached hydrogens (tertiary/aromatic N) is 2. The van der Waals surface area contributed by atoms with E-state index in [0.29, 0.717) is 12.2 Å². The van der Waals surface area contributed by atoms with E-state index in [2.05, 4.69) is 10.4 Å². The highest BCUT2D eigenvalue weighted by molar-refractivity contribution is 5.90. The molecule has 0 saturated carbocycles. The van der Waals surface area contributed by atoms with Gasteiger partial charge in [-0.15, -0.1) is 0 Å². The van der Waals surface area contributed by atoms with Crippen LogP contribution in [0.5, 0.6) is 5.75 Å². The Morgan fingerprint density at radius 1 is 1.16 bits per heavy atom. The first-order valence-electron chi connectivity index (χ1n) is 7.94. The summed E-state index contributed by atoms with van der Waals surface area (Å²) in [4.78, 5) is 12.0. The van der Waals surface area contributed by atoms with Crippen molar-refractivity contribution in [3.05, 3.63) is 78.4 Å². The van der Waals surface area contributed by atoms with Crippen molar-refractivity contribution in [3.63, 3.8) is 0 Å². The van der Waals surface area contributed by atoms with E-state index in [4.69, 9.17) is 4.74 Å². The van der Waals surface area contributed by atoms with Gasteiger partial charge in [-0.1, -0.05) is 24.3 Å². The highest BCUT2D eigenvalue weighted by Crippen LogP contribution is 2.16. The Hall–Kier alpha value is -3.15. The van der Waals surface area contributed by atoms with Gasteiger partial charge in [-0.3, -0.25) is 9.48 Å². The molecule has 0 atom stereocenters. The Balaban J connectivity index is 1.50. The van der Waals surface area contributed by atoms with Crippen LogP contribution >= 0.6 is 0 Å². The molecule has 3 aromatic rings. The number of anilines is 1. The van der Waals surface area contributed by atoms with Crippen LogP contribution in [-0.4, -0.2) is 22.3 Å². The fraction of sp³-hybridized carbons (Fsp3) is 0.158. The minimum Gasteiger partial charge on any atom is -0.490 e. The van der Waals surface area contributed by atoms with Gasteiger partial charge in [0.25, 0.3) is 0 Å². The lowest BCUT2D eigenvalue weighted by Crippen LogP contribution is -2.15. The average Bonchev–Trinajstić information content (AvgIpc) is 3.10. The number of para-hydroxylation sites is 1. The van der Waals surface area contributed by atoms with E-state index in [1.807, 2.05) is 41.2 Å². The summed E-state index contributed by atoms with van der Waals surface area (Å²) >= 11 is 0. The zero-order chi connectivity index (χ0) is 17.5. The molecule has 5 nitrogen and oxygen atoms in total. The Bertz CT molecular complexity index is 834. The lowest BCUT2D eigenvalue weighted by atomic mass is 10.2. The van der Waals surface area contributed by atoms with Gasteiger partial charge in [0.2, 0.25) is 5.91 Å². The third kappa shape index (κ3) is 4.91. The predicted octanol–water partition coefficient (Wildman–Crippen LogP) is 3.48. The maximum absolute atomic E-state index is 13.4. The summed E-state index contributed by atoms with van der Waals surface area (Å²) in [6, 6.07) is 15.6. The van der Waals surface area contributed by atoms with Gasteiger partial charge in [-0.2, -0.15) is 5.10 Å². The minimum absolute atomic E-state index is 0.111. The number of amides is 1. The van der Waals surface area contributed by atoms with E-state index in [-0.39, 0.29) is 24.7 Å². The molecule has 128 valence electrons. The van der Waals surface area contributed by atoms with Crippen molar-refractivity contribution >= 4 is 11.6 Å². The number of ether oxygens (including phenoxy) is 1. The molecule has 0 bridgehead atoms. The third-order valence-corrected chi connectivity index (χ3v) is 3.54. The van der Waals surface area contributed by atoms with Crippen molar-refractivity contribution in [2.75, 3.05) is 11.9 Å². The molecule has 0 saturated heterocycles. The van der Waals surface area contributed by atoms with Gasteiger partial charge >= 0.3 is 0 Å². The zero-order valence-corrected chi connectivity index (χ0v) is 13.6. The van der Waals surface area contributed by atoms with Crippen molar-refractivity contribution < 1.29 is 13.9 Å². The summed E-state index contributed by atoms with van der Waals surface area (Å²) in [5, 5.41) is 6.98. The second-order valence-corrected chi connectivity index (χ2v) is 5.48. The molecule has 25 heavy (non-hydrogen) atoms. The summed E-state index contributed by atoms with van der Waals surface area (Å²) in [6.45, 7) is 0.743. The van der Waals surface area contributed by atoms with E-state index >= 15 is 0 Å². The lowest BCUT2D eigenvalue weighted by molar-refractivity contribution is -0.116. The van der Waals surface area contributed by atoms with Crippen LogP contribution in [0.2, 0.25) is 0 Å². The van der Waals surface area contributed by atoms with Crippen LogP contribution in [0.15, 0.2) is 67.0 Å². The highest BCUT2D eigenvalue weighted by atomic mass is 19.1. The van der Waals surface area contributed by atoms with E-state index in [9.17, 15) is 9.18 Å². The number of halogens is 1. The van der Waals surface area contributed by atoms with Crippen molar-refractivity contribution in [1.82, 2.24) is 9.78 Å². The summed E-state index contributed by atoms with van der Waals surface area (Å²) in [5.74, 6) is -0.474. The second kappa shape index (κ2) is 8.10. The van der Waals surface area contributed by atoms with Gasteiger partial charge in [0.15, 0.2) is 11.6 Å². The number of hydrogen-bond donors (Lipinski definition) is 1. The molecule has 1 aromatic heterocycles. The summed E-state index contributed by atoms with van der Waals surface area (Å²) in [5.41, 5.74) is 1.74. The molecule has 0 radical (unpaired) electrons. The van der Waals surface area contributed by atoms with Crippen molar-refractivity contribution in [1.29, 1.82) is 0 Å². The smallest absolute Gasteiger partial charge is 0.227 e. The van der Waals surface area contributed by atoms with Crippen LogP contribution < -0.4 is 10.1 Å². The number of carbonyl (C=O) groups is 1. The Morgan fingerprint density at radius 2 is 2.04 bits per heavy atom. The predicted molar refractivity (Wildman–Crippen MR) is 92.9 cm³/mol. The van der Waals surface area contributed by atoms with Crippen LogP contribution in [-0.2, 0) is 11.3 Å². The number of hydrogen-bond acceptors (Lipinski definition) is 3. The Kier molecular flexibility index (Phi) is 5.41. The SMILES string of the molecule is O=C(CCOc1ccccc1F)Nc1cccc(Cn2cccn2)c1. The van der Waals surface area contributed by atoms with Crippen molar-refractivity contribution in [3.8, 4) is 5.75 Å². The molecule has 3 rings (SSSR count). The molecule has 0 aliphatic carbocycles. The van der Waals surface area contributed by atoms with Crippen molar-refractivity contribution in [2.24, 2.45) is 0 Å². The number of carbonyl (C=O) groups excluding carboxylic acids is 1. The molecule has 0 fully saturated rings. The normalized spacial score (nSPS) is 10.4. The molecular weight excluding hydrogens is 321 g/mol. The highest BCUT2D eigenvalue weighted by Gasteiger charge is 2.06. The molecule has 1 amide bonds. The van der Waals surface area contributed by atoms with Crippen molar-refractivity contribution in [2.45, 2.75) is 13.0 Å². The molecule has 6 heteroatoms. The van der Waals surface area contributed by atoms with Gasteiger partial charge in [-0.05, 0) is 35.9 Å². The van der Waals surface area contributed by atoms with E-state index < -0.39 is 5.82 Å². The first-order chi connectivity index (χ1) is 12.2. The minimum atomic E-state index is -0.436. The van der Waals surface area contributed by atoms with Gasteiger partial charge in [0.05, 0.1) is 19.6 Å². The Labute approximate surface area is 145 Å². The molecule has 0 unspecified atom stereocenters. The standard InChI is InChI=1S/C19H18FN3O2/c20-17-7-1-2-8-18(17)25-12-9-19(24)22-16-6-3-5-15(13-16)14-23-11-4-10-21-23/h1-8,10-11,13H,9,12,14H2,(H,22,24). The van der Waals surface area contributed by atoms with Gasteiger partial charge in [-0.25, -0.2) is 4.39 Å². The van der Waals surface area contributed by atoms with Crippen LogP contribution in [0.4, 0.5) is 10.1 Å². The monoisotopic (exact) mass is 339 g/mol. The lowest BCUT2D eigenvalue weighted by Gasteiger charge is -2.09. The number of benzene rings is 2. The fourth-order valence-corrected chi connectivity index (χ4v) is 2.37. The second-order valence-electron chi connectivity index (χ2n) is 5.48. The molecule has 0 spiro atoms. The number of aromatic nitrogens is 2. The summed E-state index contributed by atoms with van der Waals surface area (Å²) in [7, 11) is 0. The first-order valence-corrected chi connectivity index (χ1v) is 7.94. The molecule has 0 aliphatic rings. The van der Waals surface area contributed by atoms with Gasteiger partial charge < -0.3 is 10.1 Å². The van der Waals surface area contributed by atoms with E-state index in [0.717, 1.165) is 5.56 Å². The topological polar surface area (TPSA) is 56.1 Å². The molecule has 0 aliphatic heterocycles.